The molecule has 25 heavy (non-hydrogen) atoms. The number of carbonyl (C=O) groups is 1. The average molecular weight is 342 g/mol. The number of hydrogen-bond donors (Lipinski definition) is 1. The fourth-order valence-corrected chi connectivity index (χ4v) is 3.14. The first-order valence-corrected chi connectivity index (χ1v) is 8.39. The summed E-state index contributed by atoms with van der Waals surface area (Å²) in [6, 6.07) is 10.1. The number of phenols is 1. The van der Waals surface area contributed by atoms with E-state index < -0.39 is 0 Å². The van der Waals surface area contributed by atoms with Crippen LogP contribution in [-0.4, -0.2) is 31.2 Å². The molecule has 3 rings (SSSR count). The summed E-state index contributed by atoms with van der Waals surface area (Å²) in [5.74, 6) is 0.641. The molecule has 0 saturated heterocycles. The molecule has 1 N–H and O–H groups in total. The Labute approximate surface area is 147 Å². The van der Waals surface area contributed by atoms with Crippen LogP contribution in [0.25, 0.3) is 0 Å². The number of aromatic hydroxyl groups is 1. The van der Waals surface area contributed by atoms with Gasteiger partial charge in [0.1, 0.15) is 11.3 Å². The zero-order valence-corrected chi connectivity index (χ0v) is 14.5. The molecule has 0 radical (unpaired) electrons. The van der Waals surface area contributed by atoms with Crippen LogP contribution < -0.4 is 14.2 Å². The number of carbonyl (C=O) groups excluding carboxylic acids is 1. The SMILES string of the molecule is COc1c2c(c(OCCCc3ccccc3)c(O)c1C(C)=O)OCC2. The number of rotatable bonds is 7. The van der Waals surface area contributed by atoms with Crippen molar-refractivity contribution in [3.63, 3.8) is 0 Å². The quantitative estimate of drug-likeness (QED) is 0.616. The molecule has 0 amide bonds. The molecule has 0 bridgehead atoms. The molecule has 0 spiro atoms. The maximum absolute atomic E-state index is 12.0. The van der Waals surface area contributed by atoms with Gasteiger partial charge in [0.15, 0.2) is 17.3 Å². The van der Waals surface area contributed by atoms with Crippen LogP contribution in [0.15, 0.2) is 30.3 Å². The number of benzene rings is 2. The number of ketones is 1. The van der Waals surface area contributed by atoms with Crippen LogP contribution in [0, 0.1) is 0 Å². The monoisotopic (exact) mass is 342 g/mol. The molecule has 1 aliphatic rings. The van der Waals surface area contributed by atoms with Gasteiger partial charge in [0.2, 0.25) is 5.75 Å². The fraction of sp³-hybridized carbons (Fsp3) is 0.350. The first-order valence-electron chi connectivity index (χ1n) is 8.39. The lowest BCUT2D eigenvalue weighted by Gasteiger charge is -2.17. The van der Waals surface area contributed by atoms with E-state index in [0.29, 0.717) is 31.1 Å². The molecule has 0 aliphatic carbocycles. The van der Waals surface area contributed by atoms with Crippen molar-refractivity contribution in [3.8, 4) is 23.0 Å². The predicted molar refractivity (Wildman–Crippen MR) is 94.1 cm³/mol. The normalized spacial score (nSPS) is 12.4. The number of ether oxygens (including phenoxy) is 3. The number of methoxy groups -OCH3 is 1. The Morgan fingerprint density at radius 2 is 2.00 bits per heavy atom. The van der Waals surface area contributed by atoms with Gasteiger partial charge in [0.05, 0.1) is 20.3 Å². The summed E-state index contributed by atoms with van der Waals surface area (Å²) in [4.78, 5) is 12.0. The highest BCUT2D eigenvalue weighted by atomic mass is 16.5. The van der Waals surface area contributed by atoms with Crippen molar-refractivity contribution in [1.82, 2.24) is 0 Å². The molecule has 0 atom stereocenters. The van der Waals surface area contributed by atoms with Crippen LogP contribution in [0.1, 0.15) is 34.8 Å². The van der Waals surface area contributed by atoms with Crippen LogP contribution >= 0.6 is 0 Å². The molecule has 0 saturated carbocycles. The highest BCUT2D eigenvalue weighted by molar-refractivity contribution is 6.01. The van der Waals surface area contributed by atoms with E-state index in [4.69, 9.17) is 14.2 Å². The lowest BCUT2D eigenvalue weighted by atomic mass is 10.0. The molecule has 132 valence electrons. The van der Waals surface area contributed by atoms with Gasteiger partial charge in [0.25, 0.3) is 0 Å². The van der Waals surface area contributed by atoms with Crippen molar-refractivity contribution >= 4 is 5.78 Å². The van der Waals surface area contributed by atoms with Crippen LogP contribution in [0.3, 0.4) is 0 Å². The number of Topliss-reactive ketones (excluding diaryl/α,β-unsaturated/α-hetero) is 1. The zero-order valence-electron chi connectivity index (χ0n) is 14.5. The summed E-state index contributed by atoms with van der Waals surface area (Å²) in [6.07, 6.45) is 2.29. The van der Waals surface area contributed by atoms with Gasteiger partial charge in [0, 0.05) is 12.0 Å². The zero-order chi connectivity index (χ0) is 17.8. The third kappa shape index (κ3) is 3.40. The highest BCUT2D eigenvalue weighted by Gasteiger charge is 2.31. The molecular formula is C20H22O5. The van der Waals surface area contributed by atoms with Gasteiger partial charge >= 0.3 is 0 Å². The maximum Gasteiger partial charge on any atom is 0.204 e. The van der Waals surface area contributed by atoms with Gasteiger partial charge in [-0.15, -0.1) is 0 Å². The van der Waals surface area contributed by atoms with Gasteiger partial charge in [-0.25, -0.2) is 0 Å². The summed E-state index contributed by atoms with van der Waals surface area (Å²) in [7, 11) is 1.49. The first-order chi connectivity index (χ1) is 12.1. The topological polar surface area (TPSA) is 65.0 Å². The Hall–Kier alpha value is -2.69. The van der Waals surface area contributed by atoms with Crippen molar-refractivity contribution in [2.75, 3.05) is 20.3 Å². The van der Waals surface area contributed by atoms with Gasteiger partial charge < -0.3 is 19.3 Å². The number of hydrogen-bond acceptors (Lipinski definition) is 5. The number of aryl methyl sites for hydroxylation is 1. The minimum atomic E-state index is -0.266. The Kier molecular flexibility index (Phi) is 5.12. The van der Waals surface area contributed by atoms with Crippen molar-refractivity contribution in [2.24, 2.45) is 0 Å². The maximum atomic E-state index is 12.0. The highest BCUT2D eigenvalue weighted by Crippen LogP contribution is 2.50. The van der Waals surface area contributed by atoms with E-state index in [2.05, 4.69) is 12.1 Å². The van der Waals surface area contributed by atoms with Crippen molar-refractivity contribution < 1.29 is 24.1 Å². The molecule has 5 nitrogen and oxygen atoms in total. The molecule has 0 fully saturated rings. The summed E-state index contributed by atoms with van der Waals surface area (Å²) in [5.41, 5.74) is 2.17. The minimum Gasteiger partial charge on any atom is -0.504 e. The summed E-state index contributed by atoms with van der Waals surface area (Å²) in [6.45, 7) is 2.30. The van der Waals surface area contributed by atoms with Gasteiger partial charge in [-0.2, -0.15) is 0 Å². The molecule has 2 aromatic carbocycles. The van der Waals surface area contributed by atoms with E-state index in [-0.39, 0.29) is 22.8 Å². The summed E-state index contributed by atoms with van der Waals surface area (Å²) < 4.78 is 16.8. The Morgan fingerprint density at radius 3 is 2.68 bits per heavy atom. The van der Waals surface area contributed by atoms with Crippen molar-refractivity contribution in [3.05, 3.63) is 47.0 Å². The average Bonchev–Trinajstić information content (AvgIpc) is 3.09. The molecule has 2 aromatic rings. The van der Waals surface area contributed by atoms with Crippen LogP contribution in [0.2, 0.25) is 0 Å². The third-order valence-electron chi connectivity index (χ3n) is 4.29. The second kappa shape index (κ2) is 7.47. The van der Waals surface area contributed by atoms with E-state index in [1.165, 1.54) is 19.6 Å². The second-order valence-corrected chi connectivity index (χ2v) is 5.99. The molecule has 1 aliphatic heterocycles. The van der Waals surface area contributed by atoms with Crippen molar-refractivity contribution in [2.45, 2.75) is 26.2 Å². The van der Waals surface area contributed by atoms with Crippen LogP contribution in [0.5, 0.6) is 23.0 Å². The second-order valence-electron chi connectivity index (χ2n) is 5.99. The van der Waals surface area contributed by atoms with E-state index in [0.717, 1.165) is 18.4 Å². The smallest absolute Gasteiger partial charge is 0.204 e. The van der Waals surface area contributed by atoms with E-state index in [1.807, 2.05) is 18.2 Å². The minimum absolute atomic E-state index is 0.157. The molecule has 0 unspecified atom stereocenters. The van der Waals surface area contributed by atoms with Gasteiger partial charge in [-0.05, 0) is 25.3 Å². The standard InChI is InChI=1S/C20H22O5/c1-13(21)16-17(22)20(19-15(10-12-25-19)18(16)23-2)24-11-6-9-14-7-4-3-5-8-14/h3-5,7-8,22H,6,9-12H2,1-2H3. The largest absolute Gasteiger partial charge is 0.504 e. The Morgan fingerprint density at radius 1 is 1.24 bits per heavy atom. The lowest BCUT2D eigenvalue weighted by Crippen LogP contribution is -2.06. The Balaban J connectivity index is 1.80. The summed E-state index contributed by atoms with van der Waals surface area (Å²) >= 11 is 0. The van der Waals surface area contributed by atoms with Gasteiger partial charge in [-0.3, -0.25) is 4.79 Å². The van der Waals surface area contributed by atoms with E-state index in [1.54, 1.807) is 0 Å². The van der Waals surface area contributed by atoms with Crippen molar-refractivity contribution in [1.29, 1.82) is 0 Å². The molecule has 5 heteroatoms. The van der Waals surface area contributed by atoms with Crippen LogP contribution in [-0.2, 0) is 12.8 Å². The summed E-state index contributed by atoms with van der Waals surface area (Å²) in [5, 5.41) is 10.5. The van der Waals surface area contributed by atoms with E-state index in [9.17, 15) is 9.90 Å². The molecule has 1 heterocycles. The fourth-order valence-electron chi connectivity index (χ4n) is 3.14. The third-order valence-corrected chi connectivity index (χ3v) is 4.29. The molecule has 0 aromatic heterocycles. The van der Waals surface area contributed by atoms with Crippen LogP contribution in [0.4, 0.5) is 0 Å². The first kappa shape index (κ1) is 17.1. The number of fused-ring (bicyclic) bond motifs is 1. The lowest BCUT2D eigenvalue weighted by molar-refractivity contribution is 0.101. The predicted octanol–water partition coefficient (Wildman–Crippen LogP) is 3.55. The molecular weight excluding hydrogens is 320 g/mol. The Bertz CT molecular complexity index is 768. The number of phenolic OH excluding ortho intramolecular Hbond substituents is 1. The van der Waals surface area contributed by atoms with Gasteiger partial charge in [-0.1, -0.05) is 30.3 Å². The van der Waals surface area contributed by atoms with E-state index >= 15 is 0 Å².